The van der Waals surface area contributed by atoms with Crippen LogP contribution in [0.1, 0.15) is 51.8 Å². The number of nitrogen functional groups attached to an aromatic ring is 1. The second-order valence-corrected chi connectivity index (χ2v) is 13.4. The van der Waals surface area contributed by atoms with Gasteiger partial charge in [0.1, 0.15) is 23.6 Å². The van der Waals surface area contributed by atoms with Gasteiger partial charge in [0.25, 0.3) is 0 Å². The van der Waals surface area contributed by atoms with E-state index >= 15 is 0 Å². The van der Waals surface area contributed by atoms with Crippen molar-refractivity contribution in [2.45, 2.75) is 70.4 Å². The molecule has 47 heavy (non-hydrogen) atoms. The van der Waals surface area contributed by atoms with Crippen molar-refractivity contribution in [3.8, 4) is 5.75 Å². The van der Waals surface area contributed by atoms with E-state index in [0.717, 1.165) is 18.4 Å². The SMILES string of the molecule is CCC(CC)COC(=O)[C@H](Cc1ccccc1)N[P@](=O)(OC[C@@]1(C)O[C@@H](n2cnc3c(N)nc(F)nc32)C[C@@H]1O)Oc1ccccc1. The molecule has 15 heteroatoms. The molecule has 0 radical (unpaired) electrons. The number of carbonyl (C=O) groups excluding carboxylic acids is 1. The Balaban J connectivity index is 1.38. The maximum atomic E-state index is 14.5. The summed E-state index contributed by atoms with van der Waals surface area (Å²) < 4.78 is 53.7. The lowest BCUT2D eigenvalue weighted by Gasteiger charge is -2.31. The third-order valence-electron chi connectivity index (χ3n) is 8.25. The number of aliphatic hydroxyl groups excluding tert-OH is 1. The second-order valence-electron chi connectivity index (χ2n) is 11.7. The minimum atomic E-state index is -4.35. The predicted molar refractivity (Wildman–Crippen MR) is 172 cm³/mol. The third-order valence-corrected chi connectivity index (χ3v) is 9.80. The fourth-order valence-electron chi connectivity index (χ4n) is 5.27. The predicted octanol–water partition coefficient (Wildman–Crippen LogP) is 4.97. The highest BCUT2D eigenvalue weighted by atomic mass is 31.2. The van der Waals surface area contributed by atoms with E-state index in [1.165, 1.54) is 10.9 Å². The molecule has 0 unspecified atom stereocenters. The van der Waals surface area contributed by atoms with Crippen LogP contribution in [0.4, 0.5) is 10.2 Å². The lowest BCUT2D eigenvalue weighted by atomic mass is 10.0. The number of rotatable bonds is 15. The molecule has 4 aromatic rings. The number of nitrogens with two attached hydrogens (primary N) is 1. The molecule has 252 valence electrons. The fraction of sp³-hybridized carbons (Fsp3) is 0.438. The van der Waals surface area contributed by atoms with E-state index in [0.29, 0.717) is 0 Å². The van der Waals surface area contributed by atoms with Crippen molar-refractivity contribution in [1.82, 2.24) is 24.6 Å². The highest BCUT2D eigenvalue weighted by Crippen LogP contribution is 2.48. The van der Waals surface area contributed by atoms with Gasteiger partial charge >= 0.3 is 19.8 Å². The Hall–Kier alpha value is -3.94. The Morgan fingerprint density at radius 1 is 1.17 bits per heavy atom. The molecule has 1 aliphatic heterocycles. The van der Waals surface area contributed by atoms with Crippen molar-refractivity contribution < 1.29 is 37.4 Å². The number of imidazole rings is 1. The number of carbonyl (C=O) groups is 1. The zero-order valence-corrected chi connectivity index (χ0v) is 27.4. The van der Waals surface area contributed by atoms with Crippen LogP contribution in [0.2, 0.25) is 0 Å². The van der Waals surface area contributed by atoms with Crippen molar-refractivity contribution in [1.29, 1.82) is 0 Å². The van der Waals surface area contributed by atoms with Crippen LogP contribution in [0, 0.1) is 12.0 Å². The number of nitrogens with one attached hydrogen (secondary N) is 1. The van der Waals surface area contributed by atoms with Gasteiger partial charge in [-0.3, -0.25) is 13.9 Å². The van der Waals surface area contributed by atoms with Gasteiger partial charge in [-0.15, -0.1) is 0 Å². The molecule has 3 heterocycles. The molecule has 2 aromatic carbocycles. The van der Waals surface area contributed by atoms with E-state index in [2.05, 4.69) is 20.0 Å². The fourth-order valence-corrected chi connectivity index (χ4v) is 6.85. The van der Waals surface area contributed by atoms with Gasteiger partial charge in [0.2, 0.25) is 0 Å². The van der Waals surface area contributed by atoms with E-state index < -0.39 is 50.4 Å². The van der Waals surface area contributed by atoms with Crippen LogP contribution < -0.4 is 15.3 Å². The van der Waals surface area contributed by atoms with Crippen molar-refractivity contribution in [2.24, 2.45) is 5.92 Å². The first kappa shape index (κ1) is 34.4. The number of benzene rings is 2. The number of fused-ring (bicyclic) bond motifs is 1. The standard InChI is InChI=1S/C32H40FN6O7P/c1-4-21(5-2)18-43-30(41)24(16-22-12-8-6-9-13-22)38-47(42,46-23-14-10-7-11-15-23)44-19-32(3)25(40)17-26(45-32)39-20-35-27-28(34)36-31(33)37-29(27)39/h6-15,20-21,24-26,40H,4-5,16-19H2,1-3H3,(H,38,42)(H2,34,36,37)/t24-,25-,26+,32+,47-/m0/s1. The van der Waals surface area contributed by atoms with Crippen LogP contribution >= 0.6 is 7.75 Å². The Morgan fingerprint density at radius 3 is 2.53 bits per heavy atom. The summed E-state index contributed by atoms with van der Waals surface area (Å²) >= 11 is 0. The van der Waals surface area contributed by atoms with Crippen LogP contribution in [-0.2, 0) is 29.8 Å². The van der Waals surface area contributed by atoms with Gasteiger partial charge in [-0.05, 0) is 37.0 Å². The largest absolute Gasteiger partial charge is 0.464 e. The zero-order valence-electron chi connectivity index (χ0n) is 26.5. The van der Waals surface area contributed by atoms with Crippen molar-refractivity contribution in [3.63, 3.8) is 0 Å². The number of aliphatic hydroxyl groups is 1. The molecule has 0 aliphatic carbocycles. The molecule has 4 N–H and O–H groups in total. The number of esters is 1. The van der Waals surface area contributed by atoms with Gasteiger partial charge < -0.3 is 24.8 Å². The van der Waals surface area contributed by atoms with Gasteiger partial charge in [-0.25, -0.2) is 9.55 Å². The first-order valence-corrected chi connectivity index (χ1v) is 17.1. The summed E-state index contributed by atoms with van der Waals surface area (Å²) in [6, 6.07) is 16.5. The number of anilines is 1. The van der Waals surface area contributed by atoms with Crippen molar-refractivity contribution in [3.05, 3.63) is 78.6 Å². The molecule has 1 fully saturated rings. The van der Waals surface area contributed by atoms with Gasteiger partial charge in [-0.1, -0.05) is 75.2 Å². The quantitative estimate of drug-likeness (QED) is 0.0882. The number of hydrogen-bond acceptors (Lipinski definition) is 11. The Bertz CT molecular complexity index is 1690. The molecule has 0 spiro atoms. The average Bonchev–Trinajstić information content (AvgIpc) is 3.61. The molecule has 0 bridgehead atoms. The molecule has 13 nitrogen and oxygen atoms in total. The summed E-state index contributed by atoms with van der Waals surface area (Å²) in [7, 11) is -4.35. The highest BCUT2D eigenvalue weighted by Gasteiger charge is 2.48. The zero-order chi connectivity index (χ0) is 33.6. The normalized spacial score (nSPS) is 21.5. The molecule has 2 aromatic heterocycles. The van der Waals surface area contributed by atoms with E-state index in [1.54, 1.807) is 37.3 Å². The highest BCUT2D eigenvalue weighted by molar-refractivity contribution is 7.52. The number of para-hydroxylation sites is 1. The van der Waals surface area contributed by atoms with Crippen LogP contribution in [0.25, 0.3) is 11.2 Å². The molecule has 1 saturated heterocycles. The minimum Gasteiger partial charge on any atom is -0.464 e. The molecule has 5 atom stereocenters. The van der Waals surface area contributed by atoms with E-state index in [1.807, 2.05) is 44.2 Å². The first-order chi connectivity index (χ1) is 22.5. The lowest BCUT2D eigenvalue weighted by molar-refractivity contribution is -0.147. The number of hydrogen-bond donors (Lipinski definition) is 3. The van der Waals surface area contributed by atoms with Crippen molar-refractivity contribution in [2.75, 3.05) is 18.9 Å². The smallest absolute Gasteiger partial charge is 0.459 e. The van der Waals surface area contributed by atoms with Crippen LogP contribution in [0.5, 0.6) is 5.75 Å². The summed E-state index contributed by atoms with van der Waals surface area (Å²) in [5.74, 6) is -0.331. The maximum absolute atomic E-state index is 14.5. The molecule has 0 amide bonds. The van der Waals surface area contributed by atoms with Crippen LogP contribution in [-0.4, -0.2) is 61.6 Å². The Kier molecular flexibility index (Phi) is 10.9. The molecular weight excluding hydrogens is 630 g/mol. The summed E-state index contributed by atoms with van der Waals surface area (Å²) in [5, 5.41) is 14.0. The van der Waals surface area contributed by atoms with E-state index in [4.69, 9.17) is 24.3 Å². The van der Waals surface area contributed by atoms with E-state index in [-0.39, 0.29) is 48.1 Å². The topological polar surface area (TPSA) is 173 Å². The Labute approximate surface area is 272 Å². The van der Waals surface area contributed by atoms with Crippen LogP contribution in [0.3, 0.4) is 0 Å². The summed E-state index contributed by atoms with van der Waals surface area (Å²) in [4.78, 5) is 24.9. The third kappa shape index (κ3) is 8.32. The Morgan fingerprint density at radius 2 is 1.85 bits per heavy atom. The maximum Gasteiger partial charge on any atom is 0.459 e. The molecule has 5 rings (SSSR count). The lowest BCUT2D eigenvalue weighted by Crippen LogP contribution is -2.43. The number of ether oxygens (including phenoxy) is 2. The first-order valence-electron chi connectivity index (χ1n) is 15.5. The summed E-state index contributed by atoms with van der Waals surface area (Å²) in [6.45, 7) is 5.43. The minimum absolute atomic E-state index is 0.0487. The summed E-state index contributed by atoms with van der Waals surface area (Å²) in [6.07, 6.45) is 0.238. The second kappa shape index (κ2) is 14.9. The van der Waals surface area contributed by atoms with Gasteiger partial charge in [-0.2, -0.15) is 19.4 Å². The van der Waals surface area contributed by atoms with Crippen molar-refractivity contribution >= 4 is 30.7 Å². The number of nitrogens with zero attached hydrogens (tertiary/aromatic N) is 4. The van der Waals surface area contributed by atoms with Gasteiger partial charge in [0.15, 0.2) is 17.0 Å². The molecular formula is C32H40FN6O7P. The molecule has 0 saturated carbocycles. The monoisotopic (exact) mass is 670 g/mol. The molecule has 1 aliphatic rings. The van der Waals surface area contributed by atoms with Crippen LogP contribution in [0.15, 0.2) is 67.0 Å². The number of halogens is 1. The average molecular weight is 671 g/mol. The summed E-state index contributed by atoms with van der Waals surface area (Å²) in [5.41, 5.74) is 5.46. The number of aromatic nitrogens is 4. The van der Waals surface area contributed by atoms with Gasteiger partial charge in [0.05, 0.1) is 25.6 Å². The van der Waals surface area contributed by atoms with E-state index in [9.17, 15) is 18.9 Å². The van der Waals surface area contributed by atoms with Gasteiger partial charge in [0, 0.05) is 6.42 Å².